The Kier molecular flexibility index (Phi) is 7.94. The number of halogens is 2. The van der Waals surface area contributed by atoms with Gasteiger partial charge in [-0.3, -0.25) is 9.69 Å². The smallest absolute Gasteiger partial charge is 0.315 e. The van der Waals surface area contributed by atoms with Crippen LogP contribution in [0.25, 0.3) is 0 Å². The van der Waals surface area contributed by atoms with Crippen LogP contribution in [0.2, 0.25) is 0 Å². The third kappa shape index (κ3) is 7.32. The Morgan fingerprint density at radius 2 is 1.65 bits per heavy atom. The Bertz CT molecular complexity index is 897. The highest BCUT2D eigenvalue weighted by Gasteiger charge is 2.15. The van der Waals surface area contributed by atoms with Crippen molar-refractivity contribution in [1.29, 1.82) is 0 Å². The Morgan fingerprint density at radius 3 is 2.32 bits per heavy atom. The zero-order chi connectivity index (χ0) is 22.2. The monoisotopic (exact) mass is 430 g/mol. The maximum absolute atomic E-state index is 13.2. The number of nitrogens with zero attached hydrogens (tertiary/aromatic N) is 1. The van der Waals surface area contributed by atoms with E-state index >= 15 is 0 Å². The summed E-state index contributed by atoms with van der Waals surface area (Å²) in [5.41, 5.74) is 2.32. The van der Waals surface area contributed by atoms with E-state index < -0.39 is 23.6 Å². The van der Waals surface area contributed by atoms with Gasteiger partial charge in [-0.25, -0.2) is 13.6 Å². The maximum Gasteiger partial charge on any atom is 0.315 e. The van der Waals surface area contributed by atoms with Gasteiger partial charge in [0.15, 0.2) is 11.6 Å². The highest BCUT2D eigenvalue weighted by molar-refractivity contribution is 5.94. The van der Waals surface area contributed by atoms with E-state index in [2.05, 4.69) is 39.9 Å². The van der Waals surface area contributed by atoms with Gasteiger partial charge in [-0.05, 0) is 55.1 Å². The summed E-state index contributed by atoms with van der Waals surface area (Å²) >= 11 is 0. The molecule has 8 heteroatoms. The van der Waals surface area contributed by atoms with E-state index in [-0.39, 0.29) is 12.2 Å². The SMILES string of the molecule is CC1CCN(Cc2ccc(CNC(=O)NCC(=O)Nc3ccc(F)c(F)c3)cc2)CC1. The molecular weight excluding hydrogens is 402 g/mol. The van der Waals surface area contributed by atoms with Gasteiger partial charge in [-0.1, -0.05) is 31.2 Å². The summed E-state index contributed by atoms with van der Waals surface area (Å²) in [5.74, 6) is -1.78. The third-order valence-electron chi connectivity index (χ3n) is 5.37. The molecule has 1 saturated heterocycles. The average Bonchev–Trinajstić information content (AvgIpc) is 2.76. The third-order valence-corrected chi connectivity index (χ3v) is 5.37. The number of hydrogen-bond acceptors (Lipinski definition) is 3. The van der Waals surface area contributed by atoms with E-state index in [9.17, 15) is 18.4 Å². The van der Waals surface area contributed by atoms with Gasteiger partial charge in [0.1, 0.15) is 0 Å². The van der Waals surface area contributed by atoms with E-state index in [0.29, 0.717) is 6.54 Å². The molecule has 1 aliphatic rings. The van der Waals surface area contributed by atoms with Crippen LogP contribution in [0.5, 0.6) is 0 Å². The number of amides is 3. The van der Waals surface area contributed by atoms with Crippen molar-refractivity contribution in [3.8, 4) is 0 Å². The molecular formula is C23H28F2N4O2. The van der Waals surface area contributed by atoms with Crippen LogP contribution in [-0.2, 0) is 17.9 Å². The van der Waals surface area contributed by atoms with Crippen molar-refractivity contribution in [1.82, 2.24) is 15.5 Å². The first-order valence-electron chi connectivity index (χ1n) is 10.5. The standard InChI is InChI=1S/C23H28F2N4O2/c1-16-8-10-29(11-9-16)15-18-4-2-17(3-5-18)13-26-23(31)27-14-22(30)28-19-6-7-20(24)21(25)12-19/h2-7,12,16H,8-11,13-15H2,1H3,(H,28,30)(H2,26,27,31). The molecule has 0 aromatic heterocycles. The van der Waals surface area contributed by atoms with Crippen molar-refractivity contribution in [2.75, 3.05) is 25.0 Å². The lowest BCUT2D eigenvalue weighted by Gasteiger charge is -2.30. The van der Waals surface area contributed by atoms with Gasteiger partial charge in [-0.15, -0.1) is 0 Å². The van der Waals surface area contributed by atoms with Crippen molar-refractivity contribution in [3.05, 3.63) is 65.2 Å². The quantitative estimate of drug-likeness (QED) is 0.628. The average molecular weight is 430 g/mol. The Labute approximate surface area is 181 Å². The minimum Gasteiger partial charge on any atom is -0.334 e. The highest BCUT2D eigenvalue weighted by atomic mass is 19.2. The predicted molar refractivity (Wildman–Crippen MR) is 115 cm³/mol. The van der Waals surface area contributed by atoms with Gasteiger partial charge >= 0.3 is 6.03 Å². The number of benzene rings is 2. The topological polar surface area (TPSA) is 73.5 Å². The van der Waals surface area contributed by atoms with Crippen LogP contribution < -0.4 is 16.0 Å². The number of likely N-dealkylation sites (tertiary alicyclic amines) is 1. The Morgan fingerprint density at radius 1 is 0.968 bits per heavy atom. The van der Waals surface area contributed by atoms with Gasteiger partial charge < -0.3 is 16.0 Å². The normalized spacial score (nSPS) is 14.8. The Hall–Kier alpha value is -3.00. The molecule has 2 aromatic rings. The maximum atomic E-state index is 13.2. The lowest BCUT2D eigenvalue weighted by Crippen LogP contribution is -2.39. The molecule has 166 valence electrons. The molecule has 0 saturated carbocycles. The van der Waals surface area contributed by atoms with Crippen molar-refractivity contribution in [2.24, 2.45) is 5.92 Å². The van der Waals surface area contributed by atoms with Crippen molar-refractivity contribution < 1.29 is 18.4 Å². The summed E-state index contributed by atoms with van der Waals surface area (Å²) in [4.78, 5) is 26.2. The summed E-state index contributed by atoms with van der Waals surface area (Å²) in [6.07, 6.45) is 2.49. The second-order valence-corrected chi connectivity index (χ2v) is 7.99. The first kappa shape index (κ1) is 22.7. The fourth-order valence-corrected chi connectivity index (χ4v) is 3.43. The van der Waals surface area contributed by atoms with E-state index in [0.717, 1.165) is 43.2 Å². The minimum atomic E-state index is -1.06. The first-order valence-corrected chi connectivity index (χ1v) is 10.5. The largest absolute Gasteiger partial charge is 0.334 e. The Balaban J connectivity index is 1.36. The molecule has 2 aromatic carbocycles. The zero-order valence-corrected chi connectivity index (χ0v) is 17.6. The highest BCUT2D eigenvalue weighted by Crippen LogP contribution is 2.18. The summed E-state index contributed by atoms with van der Waals surface area (Å²) in [5, 5.41) is 7.51. The second-order valence-electron chi connectivity index (χ2n) is 7.99. The minimum absolute atomic E-state index is 0.116. The van der Waals surface area contributed by atoms with E-state index in [1.165, 1.54) is 24.5 Å². The van der Waals surface area contributed by atoms with Gasteiger partial charge in [0.2, 0.25) is 5.91 Å². The van der Waals surface area contributed by atoms with Crippen LogP contribution in [-0.4, -0.2) is 36.5 Å². The summed E-state index contributed by atoms with van der Waals surface area (Å²) < 4.78 is 26.1. The second kappa shape index (κ2) is 10.9. The number of carbonyl (C=O) groups excluding carboxylic acids is 2. The van der Waals surface area contributed by atoms with E-state index in [4.69, 9.17) is 0 Å². The number of hydrogen-bond donors (Lipinski definition) is 3. The molecule has 1 fully saturated rings. The molecule has 1 aliphatic heterocycles. The number of anilines is 1. The van der Waals surface area contributed by atoms with Crippen LogP contribution in [0.3, 0.4) is 0 Å². The predicted octanol–water partition coefficient (Wildman–Crippen LogP) is 3.63. The number of piperidine rings is 1. The molecule has 3 amide bonds. The number of nitrogens with one attached hydrogen (secondary N) is 3. The van der Waals surface area contributed by atoms with Gasteiger partial charge in [0.05, 0.1) is 6.54 Å². The van der Waals surface area contributed by atoms with Crippen LogP contribution in [0.1, 0.15) is 30.9 Å². The molecule has 0 bridgehead atoms. The van der Waals surface area contributed by atoms with Crippen molar-refractivity contribution >= 4 is 17.6 Å². The zero-order valence-electron chi connectivity index (χ0n) is 17.6. The van der Waals surface area contributed by atoms with Gasteiger partial charge in [0.25, 0.3) is 0 Å². The van der Waals surface area contributed by atoms with Crippen molar-refractivity contribution in [3.63, 3.8) is 0 Å². The molecule has 3 N–H and O–H groups in total. The molecule has 0 spiro atoms. The van der Waals surface area contributed by atoms with Crippen molar-refractivity contribution in [2.45, 2.75) is 32.9 Å². The number of rotatable bonds is 7. The molecule has 31 heavy (non-hydrogen) atoms. The fraction of sp³-hybridized carbons (Fsp3) is 0.391. The van der Waals surface area contributed by atoms with Crippen LogP contribution in [0.15, 0.2) is 42.5 Å². The van der Waals surface area contributed by atoms with E-state index in [1.54, 1.807) is 0 Å². The number of carbonyl (C=O) groups is 2. The molecule has 0 atom stereocenters. The van der Waals surface area contributed by atoms with E-state index in [1.807, 2.05) is 12.1 Å². The molecule has 3 rings (SSSR count). The number of urea groups is 1. The lowest BCUT2D eigenvalue weighted by molar-refractivity contribution is -0.115. The van der Waals surface area contributed by atoms with Gasteiger partial charge in [0, 0.05) is 24.8 Å². The van der Waals surface area contributed by atoms with Crippen LogP contribution in [0.4, 0.5) is 19.3 Å². The molecule has 0 aliphatic carbocycles. The molecule has 6 nitrogen and oxygen atoms in total. The summed E-state index contributed by atoms with van der Waals surface area (Å²) in [6.45, 7) is 5.54. The molecule has 1 heterocycles. The molecule has 0 radical (unpaired) electrons. The molecule has 0 unspecified atom stereocenters. The lowest BCUT2D eigenvalue weighted by atomic mass is 9.99. The fourth-order valence-electron chi connectivity index (χ4n) is 3.43. The first-order chi connectivity index (χ1) is 14.9. The summed E-state index contributed by atoms with van der Waals surface area (Å²) in [7, 11) is 0. The van der Waals surface area contributed by atoms with Crippen LogP contribution >= 0.6 is 0 Å². The van der Waals surface area contributed by atoms with Crippen LogP contribution in [0, 0.1) is 17.6 Å². The van der Waals surface area contributed by atoms with Gasteiger partial charge in [-0.2, -0.15) is 0 Å². The summed E-state index contributed by atoms with van der Waals surface area (Å²) in [6, 6.07) is 10.7.